The van der Waals surface area contributed by atoms with Crippen LogP contribution in [0.25, 0.3) is 5.69 Å². The second kappa shape index (κ2) is 12.8. The third-order valence-corrected chi connectivity index (χ3v) is 6.51. The Morgan fingerprint density at radius 3 is 2.65 bits per heavy atom. The Morgan fingerprint density at radius 2 is 1.95 bits per heavy atom. The smallest absolute Gasteiger partial charge is 0.306 e. The average molecular weight is 535 g/mol. The topological polar surface area (TPSA) is 161 Å². The van der Waals surface area contributed by atoms with E-state index in [0.29, 0.717) is 31.5 Å². The van der Waals surface area contributed by atoms with Crippen LogP contribution in [-0.2, 0) is 37.4 Å². The van der Waals surface area contributed by atoms with Gasteiger partial charge in [-0.1, -0.05) is 30.2 Å². The van der Waals surface area contributed by atoms with E-state index in [0.717, 1.165) is 22.8 Å². The molecule has 0 aliphatic heterocycles. The molecule has 0 saturated carbocycles. The SMILES string of the molecule is Cc1ccc(C)c(Cc2nc(COC(=O)CCCCCON[O-])nn2-c2ccc(S(N)(=O)=O)cc2F)c1. The Labute approximate surface area is 214 Å². The minimum absolute atomic E-state index is 0.0208. The molecule has 0 unspecified atom stereocenters. The normalized spacial score (nSPS) is 11.6. The number of rotatable bonds is 13. The highest BCUT2D eigenvalue weighted by atomic mass is 32.2. The number of carbonyl (C=O) groups excluding carboxylic acids is 1. The van der Waals surface area contributed by atoms with Crippen molar-refractivity contribution in [2.45, 2.75) is 57.5 Å². The van der Waals surface area contributed by atoms with E-state index in [-0.39, 0.29) is 36.0 Å². The third kappa shape index (κ3) is 8.13. The number of primary sulfonamides is 1. The molecule has 0 spiro atoms. The van der Waals surface area contributed by atoms with Crippen LogP contribution in [0.4, 0.5) is 4.39 Å². The minimum Gasteiger partial charge on any atom is -0.765 e. The number of unbranched alkanes of at least 4 members (excludes halogenated alkanes) is 2. The largest absolute Gasteiger partial charge is 0.765 e. The number of aromatic nitrogens is 3. The first-order valence-corrected chi connectivity index (χ1v) is 13.1. The highest BCUT2D eigenvalue weighted by molar-refractivity contribution is 7.89. The third-order valence-electron chi connectivity index (χ3n) is 5.60. The maximum atomic E-state index is 15.0. The van der Waals surface area contributed by atoms with Gasteiger partial charge >= 0.3 is 5.97 Å². The summed E-state index contributed by atoms with van der Waals surface area (Å²) >= 11 is 0. The van der Waals surface area contributed by atoms with Gasteiger partial charge in [0.15, 0.2) is 12.4 Å². The standard InChI is InChI=1S/C24H29FN5O6S/c1-16-7-8-17(2)18(12-16)13-23-27-22(15-35-24(31)6-4-3-5-11-36-29-32)28-30(23)21-10-9-19(14-20(21)25)37(26,33)34/h7-10,12,14,29H,3-6,11,13,15H2,1-2H3,(H2,26,33,34)/q-1. The number of nitrogens with one attached hydrogen (secondary N) is 1. The fourth-order valence-electron chi connectivity index (χ4n) is 3.64. The first kappa shape index (κ1) is 28.3. The summed E-state index contributed by atoms with van der Waals surface area (Å²) in [6.45, 7) is 3.94. The Bertz CT molecular complexity index is 1350. The summed E-state index contributed by atoms with van der Waals surface area (Å²) in [4.78, 5) is 20.7. The zero-order chi connectivity index (χ0) is 27.0. The van der Waals surface area contributed by atoms with Crippen molar-refractivity contribution in [2.75, 3.05) is 6.61 Å². The van der Waals surface area contributed by atoms with Crippen molar-refractivity contribution in [1.82, 2.24) is 20.4 Å². The zero-order valence-corrected chi connectivity index (χ0v) is 21.4. The number of hydrogen-bond acceptors (Lipinski definition) is 9. The number of nitrogens with two attached hydrogens (primary N) is 1. The van der Waals surface area contributed by atoms with Crippen molar-refractivity contribution in [3.63, 3.8) is 0 Å². The van der Waals surface area contributed by atoms with Crippen molar-refractivity contribution >= 4 is 16.0 Å². The number of halogens is 1. The highest BCUT2D eigenvalue weighted by Crippen LogP contribution is 2.22. The number of carbonyl (C=O) groups is 1. The van der Waals surface area contributed by atoms with Crippen LogP contribution in [-0.4, -0.2) is 35.8 Å². The highest BCUT2D eigenvalue weighted by Gasteiger charge is 2.19. The number of hydrogen-bond donors (Lipinski definition) is 2. The minimum atomic E-state index is -4.09. The molecule has 0 aliphatic rings. The van der Waals surface area contributed by atoms with E-state index in [9.17, 15) is 22.8 Å². The Morgan fingerprint density at radius 1 is 1.16 bits per heavy atom. The van der Waals surface area contributed by atoms with Crippen LogP contribution >= 0.6 is 0 Å². The Hall–Kier alpha value is -3.23. The fraction of sp³-hybridized carbons (Fsp3) is 0.375. The molecular weight excluding hydrogens is 505 g/mol. The fourth-order valence-corrected chi connectivity index (χ4v) is 4.16. The Balaban J connectivity index is 1.81. The molecule has 200 valence electrons. The summed E-state index contributed by atoms with van der Waals surface area (Å²) in [5, 5.41) is 19.5. The van der Waals surface area contributed by atoms with Crippen LogP contribution in [0.2, 0.25) is 0 Å². The van der Waals surface area contributed by atoms with Gasteiger partial charge in [-0.05, 0) is 56.0 Å². The molecule has 37 heavy (non-hydrogen) atoms. The molecule has 0 bridgehead atoms. The molecule has 0 saturated heterocycles. The summed E-state index contributed by atoms with van der Waals surface area (Å²) < 4.78 is 44.8. The van der Waals surface area contributed by atoms with Crippen LogP contribution in [0.15, 0.2) is 41.3 Å². The second-order valence-corrected chi connectivity index (χ2v) is 10.1. The lowest BCUT2D eigenvalue weighted by atomic mass is 10.0. The van der Waals surface area contributed by atoms with E-state index in [1.807, 2.05) is 32.0 Å². The van der Waals surface area contributed by atoms with Crippen LogP contribution in [0, 0.1) is 24.9 Å². The lowest BCUT2D eigenvalue weighted by molar-refractivity contribution is -0.145. The maximum Gasteiger partial charge on any atom is 0.306 e. The molecule has 3 aromatic rings. The van der Waals surface area contributed by atoms with Crippen molar-refractivity contribution in [3.8, 4) is 5.69 Å². The number of ether oxygens (including phenoxy) is 1. The predicted octanol–water partition coefficient (Wildman–Crippen LogP) is 2.88. The number of benzene rings is 2. The van der Waals surface area contributed by atoms with Crippen molar-refractivity contribution in [3.05, 3.63) is 75.8 Å². The number of aryl methyl sites for hydroxylation is 2. The lowest BCUT2D eigenvalue weighted by Crippen LogP contribution is -2.13. The maximum absolute atomic E-state index is 15.0. The summed E-state index contributed by atoms with van der Waals surface area (Å²) in [6.07, 6.45) is 2.33. The predicted molar refractivity (Wildman–Crippen MR) is 132 cm³/mol. The van der Waals surface area contributed by atoms with Gasteiger partial charge in [0.2, 0.25) is 10.0 Å². The van der Waals surface area contributed by atoms with E-state index >= 15 is 0 Å². The molecule has 3 N–H and O–H groups in total. The van der Waals surface area contributed by atoms with E-state index in [2.05, 4.69) is 14.9 Å². The van der Waals surface area contributed by atoms with Crippen LogP contribution < -0.4 is 10.8 Å². The van der Waals surface area contributed by atoms with E-state index < -0.39 is 21.8 Å². The van der Waals surface area contributed by atoms with Crippen LogP contribution in [0.1, 0.15) is 54.0 Å². The monoisotopic (exact) mass is 534 g/mol. The lowest BCUT2D eigenvalue weighted by Gasteiger charge is -2.10. The van der Waals surface area contributed by atoms with Crippen molar-refractivity contribution < 1.29 is 27.2 Å². The summed E-state index contributed by atoms with van der Waals surface area (Å²) in [6, 6.07) is 9.22. The molecule has 0 amide bonds. The molecular formula is C24H29FN5O6S-. The zero-order valence-electron chi connectivity index (χ0n) is 20.6. The van der Waals surface area contributed by atoms with Gasteiger partial charge in [0.25, 0.3) is 0 Å². The van der Waals surface area contributed by atoms with Crippen molar-refractivity contribution in [1.29, 1.82) is 0 Å². The van der Waals surface area contributed by atoms with Gasteiger partial charge in [-0.25, -0.2) is 27.6 Å². The number of sulfonamides is 1. The first-order chi connectivity index (χ1) is 17.6. The van der Waals surface area contributed by atoms with Crippen LogP contribution in [0.3, 0.4) is 0 Å². The molecule has 0 aliphatic carbocycles. The van der Waals surface area contributed by atoms with Gasteiger partial charge in [0, 0.05) is 12.8 Å². The molecule has 1 heterocycles. The molecule has 3 rings (SSSR count). The van der Waals surface area contributed by atoms with E-state index in [4.69, 9.17) is 9.88 Å². The molecule has 1 aromatic heterocycles. The second-order valence-electron chi connectivity index (χ2n) is 8.52. The van der Waals surface area contributed by atoms with Gasteiger partial charge in [-0.2, -0.15) is 0 Å². The molecule has 0 atom stereocenters. The first-order valence-electron chi connectivity index (χ1n) is 11.6. The van der Waals surface area contributed by atoms with Gasteiger partial charge in [0.1, 0.15) is 17.3 Å². The quantitative estimate of drug-likeness (QED) is 0.191. The van der Waals surface area contributed by atoms with E-state index in [1.165, 1.54) is 22.5 Å². The molecule has 0 fully saturated rings. The molecule has 0 radical (unpaired) electrons. The summed E-state index contributed by atoms with van der Waals surface area (Å²) in [5.41, 5.74) is 4.33. The van der Waals surface area contributed by atoms with Gasteiger partial charge in [0.05, 0.1) is 11.5 Å². The number of nitrogens with zero attached hydrogens (tertiary/aromatic N) is 3. The van der Waals surface area contributed by atoms with Crippen molar-refractivity contribution in [2.24, 2.45) is 5.14 Å². The Kier molecular flexibility index (Phi) is 9.83. The molecule has 13 heteroatoms. The summed E-state index contributed by atoms with van der Waals surface area (Å²) in [7, 11) is -4.09. The van der Waals surface area contributed by atoms with Gasteiger partial charge in [-0.15, -0.1) is 5.10 Å². The van der Waals surface area contributed by atoms with E-state index in [1.54, 1.807) is 0 Å². The van der Waals surface area contributed by atoms with Crippen LogP contribution in [0.5, 0.6) is 0 Å². The summed E-state index contributed by atoms with van der Waals surface area (Å²) in [5.74, 6) is -0.746. The number of esters is 1. The van der Waals surface area contributed by atoms with Gasteiger partial charge in [-0.3, -0.25) is 10.4 Å². The molecule has 11 nitrogen and oxygen atoms in total. The molecule has 2 aromatic carbocycles. The average Bonchev–Trinajstić information content (AvgIpc) is 3.24. The van der Waals surface area contributed by atoms with Gasteiger partial charge < -0.3 is 14.8 Å².